The molecule has 6 nitrogen and oxygen atoms in total. The minimum atomic E-state index is -0.0404. The number of carbonyl (C=O) groups is 1. The molecule has 1 aromatic heterocycles. The molecule has 0 saturated carbocycles. The van der Waals surface area contributed by atoms with Crippen molar-refractivity contribution in [1.82, 2.24) is 20.0 Å². The molecule has 23 heavy (non-hydrogen) atoms. The average molecular weight is 314 g/mol. The van der Waals surface area contributed by atoms with Crippen molar-refractivity contribution >= 4 is 6.03 Å². The van der Waals surface area contributed by atoms with Crippen molar-refractivity contribution in [3.05, 3.63) is 47.3 Å². The zero-order valence-electron chi connectivity index (χ0n) is 13.6. The van der Waals surface area contributed by atoms with Gasteiger partial charge in [-0.25, -0.2) is 4.79 Å². The van der Waals surface area contributed by atoms with Crippen LogP contribution in [0.25, 0.3) is 0 Å². The van der Waals surface area contributed by atoms with Crippen LogP contribution in [0.3, 0.4) is 0 Å². The molecule has 2 amide bonds. The zero-order chi connectivity index (χ0) is 16.2. The van der Waals surface area contributed by atoms with Crippen LogP contribution in [-0.4, -0.2) is 33.9 Å². The van der Waals surface area contributed by atoms with Crippen molar-refractivity contribution in [2.45, 2.75) is 26.4 Å². The normalized spacial score (nSPS) is 13.6. The van der Waals surface area contributed by atoms with E-state index in [-0.39, 0.29) is 6.03 Å². The zero-order valence-corrected chi connectivity index (χ0v) is 13.6. The van der Waals surface area contributed by atoms with Crippen LogP contribution in [0.4, 0.5) is 4.79 Å². The highest BCUT2D eigenvalue weighted by Crippen LogP contribution is 2.24. The number of amides is 2. The monoisotopic (exact) mass is 314 g/mol. The second-order valence-electron chi connectivity index (χ2n) is 5.72. The van der Waals surface area contributed by atoms with Crippen molar-refractivity contribution in [3.8, 4) is 5.75 Å². The van der Waals surface area contributed by atoms with Gasteiger partial charge in [0.1, 0.15) is 5.75 Å². The summed E-state index contributed by atoms with van der Waals surface area (Å²) >= 11 is 0. The number of fused-ring (bicyclic) bond motifs is 1. The first-order chi connectivity index (χ1) is 11.2. The second kappa shape index (κ2) is 6.73. The Balaban J connectivity index is 1.61. The van der Waals surface area contributed by atoms with E-state index >= 15 is 0 Å². The van der Waals surface area contributed by atoms with Crippen molar-refractivity contribution in [3.63, 3.8) is 0 Å². The minimum Gasteiger partial charge on any atom is -0.494 e. The molecular formula is C17H22N4O2. The summed E-state index contributed by atoms with van der Waals surface area (Å²) in [5, 5.41) is 7.06. The molecule has 1 aliphatic rings. The van der Waals surface area contributed by atoms with E-state index in [1.165, 1.54) is 11.1 Å². The molecule has 2 aromatic rings. The van der Waals surface area contributed by atoms with Gasteiger partial charge in [0.05, 0.1) is 12.8 Å². The quantitative estimate of drug-likeness (QED) is 0.940. The van der Waals surface area contributed by atoms with Crippen LogP contribution in [0, 0.1) is 0 Å². The van der Waals surface area contributed by atoms with Crippen LogP contribution >= 0.6 is 0 Å². The molecule has 1 N–H and O–H groups in total. The number of urea groups is 1. The number of nitrogens with zero attached hydrogens (tertiary/aromatic N) is 3. The molecule has 0 fully saturated rings. The maximum absolute atomic E-state index is 12.4. The number of aryl methyl sites for hydroxylation is 1. The lowest BCUT2D eigenvalue weighted by Crippen LogP contribution is -2.42. The van der Waals surface area contributed by atoms with Gasteiger partial charge in [0, 0.05) is 38.4 Å². The van der Waals surface area contributed by atoms with Crippen LogP contribution in [0.1, 0.15) is 23.6 Å². The van der Waals surface area contributed by atoms with Crippen LogP contribution in [0.5, 0.6) is 5.75 Å². The maximum atomic E-state index is 12.4. The van der Waals surface area contributed by atoms with Gasteiger partial charge in [-0.15, -0.1) is 0 Å². The van der Waals surface area contributed by atoms with E-state index in [2.05, 4.69) is 16.5 Å². The van der Waals surface area contributed by atoms with Gasteiger partial charge in [0.25, 0.3) is 0 Å². The Morgan fingerprint density at radius 1 is 1.39 bits per heavy atom. The van der Waals surface area contributed by atoms with E-state index in [0.29, 0.717) is 19.7 Å². The summed E-state index contributed by atoms with van der Waals surface area (Å²) in [5.74, 6) is 0.865. The summed E-state index contributed by atoms with van der Waals surface area (Å²) < 4.78 is 7.28. The average Bonchev–Trinajstić information content (AvgIpc) is 2.98. The van der Waals surface area contributed by atoms with E-state index in [1.807, 2.05) is 37.2 Å². The minimum absolute atomic E-state index is 0.0404. The molecule has 6 heteroatoms. The van der Waals surface area contributed by atoms with Crippen LogP contribution in [0.2, 0.25) is 0 Å². The van der Waals surface area contributed by atoms with Crippen molar-refractivity contribution < 1.29 is 9.53 Å². The van der Waals surface area contributed by atoms with E-state index in [9.17, 15) is 4.79 Å². The fourth-order valence-corrected chi connectivity index (χ4v) is 2.82. The highest BCUT2D eigenvalue weighted by atomic mass is 16.5. The first-order valence-electron chi connectivity index (χ1n) is 7.90. The number of ether oxygens (including phenoxy) is 1. The molecule has 0 aliphatic carbocycles. The van der Waals surface area contributed by atoms with Crippen molar-refractivity contribution in [2.24, 2.45) is 7.05 Å². The standard InChI is InChI=1S/C17H22N4O2/c1-3-23-16-5-4-14-6-7-21(12-15(14)8-16)17(22)18-9-13-10-19-20(2)11-13/h4-5,8,10-11H,3,6-7,9,12H2,1-2H3,(H,18,22). The molecule has 0 saturated heterocycles. The molecular weight excluding hydrogens is 292 g/mol. The highest BCUT2D eigenvalue weighted by molar-refractivity contribution is 5.74. The summed E-state index contributed by atoms with van der Waals surface area (Å²) in [7, 11) is 1.86. The van der Waals surface area contributed by atoms with Crippen LogP contribution in [0.15, 0.2) is 30.6 Å². The molecule has 0 bridgehead atoms. The van der Waals surface area contributed by atoms with Gasteiger partial charge in [-0.3, -0.25) is 4.68 Å². The number of nitrogens with one attached hydrogen (secondary N) is 1. The summed E-state index contributed by atoms with van der Waals surface area (Å²) in [6.07, 6.45) is 4.54. The van der Waals surface area contributed by atoms with Crippen molar-refractivity contribution in [2.75, 3.05) is 13.2 Å². The molecule has 0 atom stereocenters. The lowest BCUT2D eigenvalue weighted by molar-refractivity contribution is 0.191. The number of benzene rings is 1. The number of hydrogen-bond donors (Lipinski definition) is 1. The molecule has 0 spiro atoms. The second-order valence-corrected chi connectivity index (χ2v) is 5.72. The summed E-state index contributed by atoms with van der Waals surface area (Å²) in [4.78, 5) is 14.2. The van der Waals surface area contributed by atoms with Gasteiger partial charge in [0.15, 0.2) is 0 Å². The fourth-order valence-electron chi connectivity index (χ4n) is 2.82. The summed E-state index contributed by atoms with van der Waals surface area (Å²) in [6, 6.07) is 6.10. The Morgan fingerprint density at radius 2 is 2.26 bits per heavy atom. The van der Waals surface area contributed by atoms with E-state index < -0.39 is 0 Å². The largest absolute Gasteiger partial charge is 0.494 e. The van der Waals surface area contributed by atoms with E-state index in [0.717, 1.165) is 24.3 Å². The first kappa shape index (κ1) is 15.4. The SMILES string of the molecule is CCOc1ccc2c(c1)CN(C(=O)NCc1cnn(C)c1)CC2. The third-order valence-corrected chi connectivity index (χ3v) is 3.99. The smallest absolute Gasteiger partial charge is 0.317 e. The first-order valence-corrected chi connectivity index (χ1v) is 7.90. The third kappa shape index (κ3) is 3.64. The topological polar surface area (TPSA) is 59.4 Å². The van der Waals surface area contributed by atoms with Gasteiger partial charge < -0.3 is 15.0 Å². The van der Waals surface area contributed by atoms with E-state index in [1.54, 1.807) is 10.9 Å². The number of carbonyl (C=O) groups excluding carboxylic acids is 1. The fraction of sp³-hybridized carbons (Fsp3) is 0.412. The number of aromatic nitrogens is 2. The molecule has 0 radical (unpaired) electrons. The predicted octanol–water partition coefficient (Wildman–Crippen LogP) is 2.09. The maximum Gasteiger partial charge on any atom is 0.317 e. The van der Waals surface area contributed by atoms with E-state index in [4.69, 9.17) is 4.74 Å². The lowest BCUT2D eigenvalue weighted by atomic mass is 10.00. The predicted molar refractivity (Wildman–Crippen MR) is 87.2 cm³/mol. The van der Waals surface area contributed by atoms with Gasteiger partial charge in [-0.1, -0.05) is 6.07 Å². The number of hydrogen-bond acceptors (Lipinski definition) is 3. The van der Waals surface area contributed by atoms with Gasteiger partial charge in [0.2, 0.25) is 0 Å². The summed E-state index contributed by atoms with van der Waals surface area (Å²) in [5.41, 5.74) is 3.46. The molecule has 122 valence electrons. The Bertz CT molecular complexity index is 696. The Kier molecular flexibility index (Phi) is 4.50. The number of rotatable bonds is 4. The van der Waals surface area contributed by atoms with Gasteiger partial charge in [-0.05, 0) is 36.6 Å². The Hall–Kier alpha value is -2.50. The van der Waals surface area contributed by atoms with Gasteiger partial charge in [-0.2, -0.15) is 5.10 Å². The molecule has 3 rings (SSSR count). The summed E-state index contributed by atoms with van der Waals surface area (Å²) in [6.45, 7) is 4.47. The molecule has 2 heterocycles. The highest BCUT2D eigenvalue weighted by Gasteiger charge is 2.21. The molecule has 1 aliphatic heterocycles. The van der Waals surface area contributed by atoms with Crippen LogP contribution in [-0.2, 0) is 26.6 Å². The Labute approximate surface area is 136 Å². The Morgan fingerprint density at radius 3 is 3.00 bits per heavy atom. The molecule has 0 unspecified atom stereocenters. The van der Waals surface area contributed by atoms with Gasteiger partial charge >= 0.3 is 6.03 Å². The third-order valence-electron chi connectivity index (χ3n) is 3.99. The van der Waals surface area contributed by atoms with Crippen molar-refractivity contribution in [1.29, 1.82) is 0 Å². The lowest BCUT2D eigenvalue weighted by Gasteiger charge is -2.29. The van der Waals surface area contributed by atoms with Crippen LogP contribution < -0.4 is 10.1 Å². The molecule has 1 aromatic carbocycles.